The first-order valence-electron chi connectivity index (χ1n) is 6.60. The molecule has 104 valence electrons. The molecule has 0 aliphatic carbocycles. The Balaban J connectivity index is 2.01. The molecule has 1 aliphatic rings. The molecular weight excluding hydrogens is 242 g/mol. The first kappa shape index (κ1) is 13.5. The minimum Gasteiger partial charge on any atom is -0.489 e. The third-order valence-corrected chi connectivity index (χ3v) is 2.99. The number of nitrogens with two attached hydrogens (primary N) is 1. The summed E-state index contributed by atoms with van der Waals surface area (Å²) in [6, 6.07) is 5.53. The number of nitrogens with zero attached hydrogens (tertiary/aromatic N) is 1. The number of carbonyl (C=O) groups excluding carboxylic acids is 1. The zero-order valence-electron chi connectivity index (χ0n) is 11.5. The number of hydrogen-bond acceptors (Lipinski definition) is 4. The van der Waals surface area contributed by atoms with Crippen molar-refractivity contribution in [2.45, 2.75) is 13.8 Å². The zero-order chi connectivity index (χ0) is 13.8. The Morgan fingerprint density at radius 2 is 2.32 bits per heavy atom. The topological polar surface area (TPSA) is 67.6 Å². The highest BCUT2D eigenvalue weighted by Crippen LogP contribution is 2.32. The molecule has 0 spiro atoms. The van der Waals surface area contributed by atoms with Gasteiger partial charge in [-0.2, -0.15) is 0 Å². The van der Waals surface area contributed by atoms with Crippen molar-refractivity contribution < 1.29 is 9.53 Å². The number of nitrogen functional groups attached to an aromatic ring is 1. The van der Waals surface area contributed by atoms with Crippen LogP contribution in [0, 0.1) is 5.92 Å². The van der Waals surface area contributed by atoms with Crippen LogP contribution in [0.3, 0.4) is 0 Å². The molecule has 1 aromatic carbocycles. The van der Waals surface area contributed by atoms with E-state index in [0.29, 0.717) is 37.8 Å². The van der Waals surface area contributed by atoms with Crippen molar-refractivity contribution in [3.8, 4) is 5.75 Å². The Labute approximate surface area is 113 Å². The number of hydrogen-bond donors (Lipinski definition) is 2. The summed E-state index contributed by atoms with van der Waals surface area (Å²) in [5.41, 5.74) is 7.33. The number of benzene rings is 1. The predicted octanol–water partition coefficient (Wildman–Crippen LogP) is 1.24. The van der Waals surface area contributed by atoms with E-state index < -0.39 is 0 Å². The van der Waals surface area contributed by atoms with E-state index in [0.717, 1.165) is 11.4 Å². The van der Waals surface area contributed by atoms with Crippen molar-refractivity contribution in [1.29, 1.82) is 0 Å². The Morgan fingerprint density at radius 3 is 3.05 bits per heavy atom. The lowest BCUT2D eigenvalue weighted by Crippen LogP contribution is -2.42. The molecule has 0 saturated heterocycles. The number of carbonyl (C=O) groups is 1. The monoisotopic (exact) mass is 263 g/mol. The van der Waals surface area contributed by atoms with Gasteiger partial charge in [-0.05, 0) is 18.1 Å². The van der Waals surface area contributed by atoms with Crippen LogP contribution in [0.25, 0.3) is 0 Å². The Kier molecular flexibility index (Phi) is 4.14. The normalized spacial score (nSPS) is 13.9. The molecule has 0 saturated carbocycles. The number of anilines is 2. The van der Waals surface area contributed by atoms with Crippen LogP contribution >= 0.6 is 0 Å². The summed E-state index contributed by atoms with van der Waals surface area (Å²) in [5, 5.41) is 2.93. The van der Waals surface area contributed by atoms with Gasteiger partial charge in [0, 0.05) is 18.3 Å². The lowest BCUT2D eigenvalue weighted by Gasteiger charge is -2.30. The molecule has 0 atom stereocenters. The smallest absolute Gasteiger partial charge is 0.239 e. The quantitative estimate of drug-likeness (QED) is 0.802. The van der Waals surface area contributed by atoms with Crippen molar-refractivity contribution in [3.63, 3.8) is 0 Å². The van der Waals surface area contributed by atoms with Gasteiger partial charge in [-0.25, -0.2) is 0 Å². The standard InChI is InChI=1S/C14H21N3O2/c1-10(2)8-16-14(18)9-17-5-6-19-13-7-11(15)3-4-12(13)17/h3-4,7,10H,5-6,8-9,15H2,1-2H3,(H,16,18). The maximum Gasteiger partial charge on any atom is 0.239 e. The van der Waals surface area contributed by atoms with Crippen LogP contribution in [-0.2, 0) is 4.79 Å². The van der Waals surface area contributed by atoms with Gasteiger partial charge in [-0.3, -0.25) is 4.79 Å². The summed E-state index contributed by atoms with van der Waals surface area (Å²) >= 11 is 0. The van der Waals surface area contributed by atoms with E-state index in [9.17, 15) is 4.79 Å². The molecule has 0 bridgehead atoms. The minimum absolute atomic E-state index is 0.0402. The molecule has 19 heavy (non-hydrogen) atoms. The van der Waals surface area contributed by atoms with Crippen molar-refractivity contribution in [2.24, 2.45) is 5.92 Å². The molecule has 5 nitrogen and oxygen atoms in total. The first-order chi connectivity index (χ1) is 9.06. The van der Waals surface area contributed by atoms with Gasteiger partial charge in [0.2, 0.25) is 5.91 Å². The number of nitrogens with one attached hydrogen (secondary N) is 1. The molecule has 0 unspecified atom stereocenters. The van der Waals surface area contributed by atoms with Crippen LogP contribution in [0.2, 0.25) is 0 Å². The van der Waals surface area contributed by atoms with Gasteiger partial charge in [0.15, 0.2) is 0 Å². The Bertz CT molecular complexity index is 460. The Morgan fingerprint density at radius 1 is 1.53 bits per heavy atom. The van der Waals surface area contributed by atoms with E-state index in [1.165, 1.54) is 0 Å². The van der Waals surface area contributed by atoms with E-state index >= 15 is 0 Å². The van der Waals surface area contributed by atoms with Crippen LogP contribution < -0.4 is 20.7 Å². The average Bonchev–Trinajstić information content (AvgIpc) is 2.36. The van der Waals surface area contributed by atoms with E-state index in [-0.39, 0.29) is 5.91 Å². The summed E-state index contributed by atoms with van der Waals surface area (Å²) in [7, 11) is 0. The zero-order valence-corrected chi connectivity index (χ0v) is 11.5. The minimum atomic E-state index is 0.0402. The van der Waals surface area contributed by atoms with Gasteiger partial charge in [0.25, 0.3) is 0 Å². The van der Waals surface area contributed by atoms with Gasteiger partial charge < -0.3 is 20.7 Å². The van der Waals surface area contributed by atoms with Crippen LogP contribution in [0.5, 0.6) is 5.75 Å². The largest absolute Gasteiger partial charge is 0.489 e. The molecule has 3 N–H and O–H groups in total. The van der Waals surface area contributed by atoms with Gasteiger partial charge in [-0.15, -0.1) is 0 Å². The van der Waals surface area contributed by atoms with Gasteiger partial charge in [-0.1, -0.05) is 13.8 Å². The second-order valence-electron chi connectivity index (χ2n) is 5.20. The van der Waals surface area contributed by atoms with E-state index in [1.807, 2.05) is 17.0 Å². The maximum absolute atomic E-state index is 11.9. The van der Waals surface area contributed by atoms with Crippen molar-refractivity contribution in [3.05, 3.63) is 18.2 Å². The molecule has 1 heterocycles. The van der Waals surface area contributed by atoms with Crippen LogP contribution in [0.4, 0.5) is 11.4 Å². The van der Waals surface area contributed by atoms with Gasteiger partial charge >= 0.3 is 0 Å². The van der Waals surface area contributed by atoms with E-state index in [2.05, 4.69) is 19.2 Å². The summed E-state index contributed by atoms with van der Waals surface area (Å²) in [6.45, 7) is 6.50. The van der Waals surface area contributed by atoms with Crippen molar-refractivity contribution in [2.75, 3.05) is 36.9 Å². The van der Waals surface area contributed by atoms with E-state index in [4.69, 9.17) is 10.5 Å². The molecule has 1 aromatic rings. The molecule has 2 rings (SSSR count). The molecule has 0 aromatic heterocycles. The van der Waals surface area contributed by atoms with E-state index in [1.54, 1.807) is 6.07 Å². The lowest BCUT2D eigenvalue weighted by molar-refractivity contribution is -0.119. The fourth-order valence-electron chi connectivity index (χ4n) is 2.01. The molecule has 5 heteroatoms. The predicted molar refractivity (Wildman–Crippen MR) is 76.4 cm³/mol. The molecular formula is C14H21N3O2. The number of amides is 1. The third-order valence-electron chi connectivity index (χ3n) is 2.99. The summed E-state index contributed by atoms with van der Waals surface area (Å²) in [4.78, 5) is 13.9. The number of rotatable bonds is 4. The summed E-state index contributed by atoms with van der Waals surface area (Å²) < 4.78 is 5.56. The second kappa shape index (κ2) is 5.82. The molecule has 1 amide bonds. The number of ether oxygens (including phenoxy) is 1. The molecule has 0 radical (unpaired) electrons. The fraction of sp³-hybridized carbons (Fsp3) is 0.500. The maximum atomic E-state index is 11.9. The Hall–Kier alpha value is -1.91. The van der Waals surface area contributed by atoms with Gasteiger partial charge in [0.1, 0.15) is 12.4 Å². The first-order valence-corrected chi connectivity index (χ1v) is 6.60. The average molecular weight is 263 g/mol. The number of fused-ring (bicyclic) bond motifs is 1. The molecule has 1 aliphatic heterocycles. The van der Waals surface area contributed by atoms with Crippen LogP contribution in [-0.4, -0.2) is 32.1 Å². The highest BCUT2D eigenvalue weighted by molar-refractivity contribution is 5.82. The second-order valence-corrected chi connectivity index (χ2v) is 5.20. The molecule has 0 fully saturated rings. The highest BCUT2D eigenvalue weighted by atomic mass is 16.5. The lowest BCUT2D eigenvalue weighted by atomic mass is 10.2. The third kappa shape index (κ3) is 3.53. The fourth-order valence-corrected chi connectivity index (χ4v) is 2.01. The van der Waals surface area contributed by atoms with Crippen LogP contribution in [0.1, 0.15) is 13.8 Å². The van der Waals surface area contributed by atoms with Crippen molar-refractivity contribution in [1.82, 2.24) is 5.32 Å². The van der Waals surface area contributed by atoms with Crippen LogP contribution in [0.15, 0.2) is 18.2 Å². The SMILES string of the molecule is CC(C)CNC(=O)CN1CCOc2cc(N)ccc21. The summed E-state index contributed by atoms with van der Waals surface area (Å²) in [6.07, 6.45) is 0. The summed E-state index contributed by atoms with van der Waals surface area (Å²) in [5.74, 6) is 1.25. The van der Waals surface area contributed by atoms with Crippen molar-refractivity contribution >= 4 is 17.3 Å². The highest BCUT2D eigenvalue weighted by Gasteiger charge is 2.20. The van der Waals surface area contributed by atoms with Gasteiger partial charge in [0.05, 0.1) is 18.8 Å².